The number of hydrogen-bond donors (Lipinski definition) is 2. The molecule has 4 N–H and O–H groups in total. The van der Waals surface area contributed by atoms with Crippen LogP contribution in [0.4, 0.5) is 5.69 Å². The summed E-state index contributed by atoms with van der Waals surface area (Å²) in [5.41, 5.74) is 12.2. The fourth-order valence-corrected chi connectivity index (χ4v) is 3.10. The van der Waals surface area contributed by atoms with Crippen molar-refractivity contribution in [1.82, 2.24) is 0 Å². The highest BCUT2D eigenvalue weighted by molar-refractivity contribution is 9.10. The normalized spacial score (nSPS) is 10.3. The van der Waals surface area contributed by atoms with Crippen LogP contribution in [0.5, 0.6) is 0 Å². The standard InChI is InChI=1S/C13H11BrN2OS/c14-8-2-1-3-10(6-8)18-12-7-9(15)4-5-11(12)13(16)17/h1-7H,15H2,(H2,16,17). The van der Waals surface area contributed by atoms with Crippen molar-refractivity contribution >= 4 is 39.3 Å². The number of carbonyl (C=O) groups excluding carboxylic acids is 1. The van der Waals surface area contributed by atoms with Gasteiger partial charge < -0.3 is 11.5 Å². The molecular formula is C13H11BrN2OS. The summed E-state index contributed by atoms with van der Waals surface area (Å²) < 4.78 is 0.983. The van der Waals surface area contributed by atoms with Crippen molar-refractivity contribution in [2.75, 3.05) is 5.73 Å². The molecule has 18 heavy (non-hydrogen) atoms. The molecule has 2 aromatic rings. The Morgan fingerprint density at radius 1 is 1.17 bits per heavy atom. The van der Waals surface area contributed by atoms with Crippen molar-refractivity contribution in [2.24, 2.45) is 5.73 Å². The molecule has 5 heteroatoms. The maximum absolute atomic E-state index is 11.3. The van der Waals surface area contributed by atoms with Gasteiger partial charge in [0.1, 0.15) is 0 Å². The van der Waals surface area contributed by atoms with Crippen LogP contribution in [0.2, 0.25) is 0 Å². The largest absolute Gasteiger partial charge is 0.399 e. The van der Waals surface area contributed by atoms with Gasteiger partial charge in [0.05, 0.1) is 5.56 Å². The molecule has 0 aromatic heterocycles. The van der Waals surface area contributed by atoms with E-state index >= 15 is 0 Å². The lowest BCUT2D eigenvalue weighted by Crippen LogP contribution is -2.12. The van der Waals surface area contributed by atoms with Gasteiger partial charge in [0, 0.05) is 20.0 Å². The molecule has 0 aliphatic rings. The Labute approximate surface area is 118 Å². The first-order valence-corrected chi connectivity index (χ1v) is 6.80. The zero-order chi connectivity index (χ0) is 13.1. The van der Waals surface area contributed by atoms with Crippen LogP contribution in [0.3, 0.4) is 0 Å². The van der Waals surface area contributed by atoms with E-state index in [1.807, 2.05) is 24.3 Å². The van der Waals surface area contributed by atoms with E-state index in [0.29, 0.717) is 11.3 Å². The summed E-state index contributed by atoms with van der Waals surface area (Å²) in [5.74, 6) is -0.451. The number of nitrogens with two attached hydrogens (primary N) is 2. The van der Waals surface area contributed by atoms with Crippen molar-refractivity contribution in [3.8, 4) is 0 Å². The van der Waals surface area contributed by atoms with E-state index in [4.69, 9.17) is 11.5 Å². The van der Waals surface area contributed by atoms with Gasteiger partial charge in [-0.3, -0.25) is 4.79 Å². The van der Waals surface area contributed by atoms with Gasteiger partial charge in [0.25, 0.3) is 0 Å². The molecule has 2 rings (SSSR count). The molecule has 0 unspecified atom stereocenters. The average Bonchev–Trinajstić information content (AvgIpc) is 2.28. The third kappa shape index (κ3) is 3.05. The first kappa shape index (κ1) is 13.0. The smallest absolute Gasteiger partial charge is 0.249 e. The molecular weight excluding hydrogens is 312 g/mol. The van der Waals surface area contributed by atoms with Gasteiger partial charge in [-0.25, -0.2) is 0 Å². The second-order valence-corrected chi connectivity index (χ2v) is 5.71. The first-order chi connectivity index (χ1) is 8.56. The van der Waals surface area contributed by atoms with Crippen LogP contribution in [0.25, 0.3) is 0 Å². The van der Waals surface area contributed by atoms with Crippen LogP contribution >= 0.6 is 27.7 Å². The van der Waals surface area contributed by atoms with Crippen molar-refractivity contribution in [2.45, 2.75) is 9.79 Å². The topological polar surface area (TPSA) is 69.1 Å². The molecule has 92 valence electrons. The van der Waals surface area contributed by atoms with Crippen LogP contribution in [0, 0.1) is 0 Å². The molecule has 0 aliphatic carbocycles. The summed E-state index contributed by atoms with van der Waals surface area (Å²) in [6, 6.07) is 12.9. The molecule has 0 atom stereocenters. The van der Waals surface area contributed by atoms with Gasteiger partial charge in [0.15, 0.2) is 0 Å². The number of halogens is 1. The van der Waals surface area contributed by atoms with Crippen LogP contribution in [-0.4, -0.2) is 5.91 Å². The number of primary amides is 1. The maximum Gasteiger partial charge on any atom is 0.249 e. The molecule has 0 radical (unpaired) electrons. The van der Waals surface area contributed by atoms with E-state index in [1.54, 1.807) is 18.2 Å². The highest BCUT2D eigenvalue weighted by Crippen LogP contribution is 2.33. The lowest BCUT2D eigenvalue weighted by molar-refractivity contribution is 0.0997. The Kier molecular flexibility index (Phi) is 3.93. The van der Waals surface area contributed by atoms with Gasteiger partial charge >= 0.3 is 0 Å². The minimum atomic E-state index is -0.451. The predicted octanol–water partition coefficient (Wildman–Crippen LogP) is 3.28. The Hall–Kier alpha value is -1.46. The van der Waals surface area contributed by atoms with Crippen LogP contribution < -0.4 is 11.5 Å². The fourth-order valence-electron chi connectivity index (χ4n) is 1.48. The van der Waals surface area contributed by atoms with E-state index < -0.39 is 5.91 Å². The fraction of sp³-hybridized carbons (Fsp3) is 0. The minimum Gasteiger partial charge on any atom is -0.399 e. The molecule has 0 heterocycles. The van der Waals surface area contributed by atoms with Crippen molar-refractivity contribution in [1.29, 1.82) is 0 Å². The summed E-state index contributed by atoms with van der Waals surface area (Å²) in [5, 5.41) is 0. The summed E-state index contributed by atoms with van der Waals surface area (Å²) in [4.78, 5) is 13.1. The van der Waals surface area contributed by atoms with Crippen LogP contribution in [0.1, 0.15) is 10.4 Å². The van der Waals surface area contributed by atoms with E-state index in [1.165, 1.54) is 11.8 Å². The molecule has 0 saturated heterocycles. The molecule has 0 aliphatic heterocycles. The number of amides is 1. The zero-order valence-electron chi connectivity index (χ0n) is 9.39. The third-order valence-corrected chi connectivity index (χ3v) is 3.84. The molecule has 0 spiro atoms. The summed E-state index contributed by atoms with van der Waals surface area (Å²) >= 11 is 4.87. The quantitative estimate of drug-likeness (QED) is 0.852. The van der Waals surface area contributed by atoms with Crippen LogP contribution in [-0.2, 0) is 0 Å². The number of benzene rings is 2. The Morgan fingerprint density at radius 2 is 1.94 bits per heavy atom. The third-order valence-electron chi connectivity index (χ3n) is 2.30. The van der Waals surface area contributed by atoms with E-state index in [-0.39, 0.29) is 0 Å². The van der Waals surface area contributed by atoms with E-state index in [9.17, 15) is 4.79 Å². The molecule has 1 amide bonds. The second kappa shape index (κ2) is 5.46. The van der Waals surface area contributed by atoms with Gasteiger partial charge in [-0.2, -0.15) is 0 Å². The minimum absolute atomic E-state index is 0.451. The Balaban J connectivity index is 2.39. The van der Waals surface area contributed by atoms with E-state index in [2.05, 4.69) is 15.9 Å². The second-order valence-electron chi connectivity index (χ2n) is 3.68. The summed E-state index contributed by atoms with van der Waals surface area (Å²) in [6.45, 7) is 0. The Bertz CT molecular complexity index is 601. The number of nitrogen functional groups attached to an aromatic ring is 1. The molecule has 2 aromatic carbocycles. The highest BCUT2D eigenvalue weighted by Gasteiger charge is 2.10. The Morgan fingerprint density at radius 3 is 2.61 bits per heavy atom. The van der Waals surface area contributed by atoms with Crippen molar-refractivity contribution in [3.63, 3.8) is 0 Å². The van der Waals surface area contributed by atoms with Gasteiger partial charge in [-0.05, 0) is 36.4 Å². The monoisotopic (exact) mass is 322 g/mol. The highest BCUT2D eigenvalue weighted by atomic mass is 79.9. The van der Waals surface area contributed by atoms with Gasteiger partial charge in [-0.15, -0.1) is 0 Å². The number of rotatable bonds is 3. The van der Waals surface area contributed by atoms with Crippen LogP contribution in [0.15, 0.2) is 56.7 Å². The summed E-state index contributed by atoms with van der Waals surface area (Å²) in [7, 11) is 0. The predicted molar refractivity (Wildman–Crippen MR) is 77.6 cm³/mol. The molecule has 0 saturated carbocycles. The van der Waals surface area contributed by atoms with Crippen molar-refractivity contribution < 1.29 is 4.79 Å². The number of hydrogen-bond acceptors (Lipinski definition) is 3. The SMILES string of the molecule is NC(=O)c1ccc(N)cc1Sc1cccc(Br)c1. The number of carbonyl (C=O) groups is 1. The first-order valence-electron chi connectivity index (χ1n) is 5.19. The zero-order valence-corrected chi connectivity index (χ0v) is 11.8. The lowest BCUT2D eigenvalue weighted by Gasteiger charge is -2.07. The maximum atomic E-state index is 11.3. The molecule has 0 bridgehead atoms. The molecule has 0 fully saturated rings. The molecule has 3 nitrogen and oxygen atoms in total. The van der Waals surface area contributed by atoms with E-state index in [0.717, 1.165) is 14.3 Å². The van der Waals surface area contributed by atoms with Crippen molar-refractivity contribution in [3.05, 3.63) is 52.5 Å². The summed E-state index contributed by atoms with van der Waals surface area (Å²) in [6.07, 6.45) is 0. The van der Waals surface area contributed by atoms with Gasteiger partial charge in [0.2, 0.25) is 5.91 Å². The number of anilines is 1. The average molecular weight is 323 g/mol. The lowest BCUT2D eigenvalue weighted by atomic mass is 10.2. The van der Waals surface area contributed by atoms with Gasteiger partial charge in [-0.1, -0.05) is 33.8 Å².